The summed E-state index contributed by atoms with van der Waals surface area (Å²) in [6.07, 6.45) is 1.61. The van der Waals surface area contributed by atoms with E-state index in [1.54, 1.807) is 18.7 Å². The minimum Gasteiger partial charge on any atom is -0.443 e. The maximum absolute atomic E-state index is 12.2. The molecule has 0 spiro atoms. The molecule has 0 saturated carbocycles. The Morgan fingerprint density at radius 2 is 2.24 bits per heavy atom. The third-order valence-corrected chi connectivity index (χ3v) is 2.69. The van der Waals surface area contributed by atoms with Gasteiger partial charge in [-0.1, -0.05) is 18.2 Å². The molecule has 92 valence electrons. The molecule has 0 atom stereocenters. The van der Waals surface area contributed by atoms with Crippen LogP contribution in [0, 0.1) is 0 Å². The number of carbonyl (C=O) groups is 1. The lowest BCUT2D eigenvalue weighted by Crippen LogP contribution is -2.39. The molecule has 0 fully saturated rings. The average Bonchev–Trinajstić information content (AvgIpc) is 2.37. The Balaban J connectivity index is 2.18. The van der Waals surface area contributed by atoms with Crippen LogP contribution in [0.5, 0.6) is 0 Å². The van der Waals surface area contributed by atoms with Gasteiger partial charge in [0.25, 0.3) is 0 Å². The molecule has 1 heterocycles. The SMILES string of the molecule is [2H]CC(C)(C)OC(=O)N1CCCc2ccccc21. The second-order valence-corrected chi connectivity index (χ2v) is 5.01. The van der Waals surface area contributed by atoms with E-state index < -0.39 is 5.60 Å². The van der Waals surface area contributed by atoms with Crippen LogP contribution in [0.3, 0.4) is 0 Å². The van der Waals surface area contributed by atoms with E-state index in [4.69, 9.17) is 6.11 Å². The third-order valence-electron chi connectivity index (χ3n) is 2.69. The Bertz CT molecular complexity index is 445. The van der Waals surface area contributed by atoms with Crippen LogP contribution in [0.4, 0.5) is 10.5 Å². The van der Waals surface area contributed by atoms with E-state index in [1.807, 2.05) is 24.3 Å². The predicted octanol–water partition coefficient (Wildman–Crippen LogP) is 3.37. The number of hydrogen-bond donors (Lipinski definition) is 0. The third kappa shape index (κ3) is 2.78. The zero-order chi connectivity index (χ0) is 13.2. The van der Waals surface area contributed by atoms with Gasteiger partial charge >= 0.3 is 6.09 Å². The van der Waals surface area contributed by atoms with Crippen molar-refractivity contribution in [2.24, 2.45) is 0 Å². The summed E-state index contributed by atoms with van der Waals surface area (Å²) in [6, 6.07) is 7.91. The monoisotopic (exact) mass is 234 g/mol. The Morgan fingerprint density at radius 3 is 3.00 bits per heavy atom. The molecule has 0 unspecified atom stereocenters. The highest BCUT2D eigenvalue weighted by atomic mass is 16.6. The molecule has 1 aliphatic rings. The molecule has 0 aromatic heterocycles. The standard InChI is InChI=1S/C14H19NO2/c1-14(2,3)17-13(16)15-10-6-8-11-7-4-5-9-12(11)15/h4-5,7,9H,6,8,10H2,1-3H3/i1D. The van der Waals surface area contributed by atoms with Crippen LogP contribution in [-0.4, -0.2) is 18.2 Å². The van der Waals surface area contributed by atoms with E-state index in [0.29, 0.717) is 6.54 Å². The van der Waals surface area contributed by atoms with Crippen molar-refractivity contribution in [2.75, 3.05) is 11.4 Å². The van der Waals surface area contributed by atoms with Gasteiger partial charge in [0.05, 0.1) is 5.69 Å². The first-order valence-electron chi connectivity index (χ1n) is 6.62. The van der Waals surface area contributed by atoms with E-state index >= 15 is 0 Å². The van der Waals surface area contributed by atoms with Crippen LogP contribution in [0.25, 0.3) is 0 Å². The summed E-state index contributed by atoms with van der Waals surface area (Å²) in [4.78, 5) is 13.8. The summed E-state index contributed by atoms with van der Waals surface area (Å²) >= 11 is 0. The van der Waals surface area contributed by atoms with Gasteiger partial charge in [0.2, 0.25) is 0 Å². The minimum atomic E-state index is -0.733. The second kappa shape index (κ2) is 4.40. The Hall–Kier alpha value is -1.51. The van der Waals surface area contributed by atoms with E-state index in [0.717, 1.165) is 18.5 Å². The van der Waals surface area contributed by atoms with Gasteiger partial charge in [-0.05, 0) is 45.2 Å². The molecule has 1 aromatic rings. The second-order valence-electron chi connectivity index (χ2n) is 5.01. The lowest BCUT2D eigenvalue weighted by Gasteiger charge is -2.31. The number of ether oxygens (including phenoxy) is 1. The molecule has 2 rings (SSSR count). The summed E-state index contributed by atoms with van der Waals surface area (Å²) in [5, 5.41) is 0. The number of amides is 1. The maximum Gasteiger partial charge on any atom is 0.414 e. The Morgan fingerprint density at radius 1 is 1.47 bits per heavy atom. The van der Waals surface area contributed by atoms with Crippen molar-refractivity contribution in [3.63, 3.8) is 0 Å². The minimum absolute atomic E-state index is 0.0637. The summed E-state index contributed by atoms with van der Waals surface area (Å²) in [6.45, 7) is 4.26. The molecule has 3 heteroatoms. The molecule has 1 amide bonds. The van der Waals surface area contributed by atoms with Gasteiger partial charge in [0.1, 0.15) is 5.60 Å². The molecule has 0 radical (unpaired) electrons. The van der Waals surface area contributed by atoms with Gasteiger partial charge in [0, 0.05) is 7.92 Å². The number of carbonyl (C=O) groups excluding carboxylic acids is 1. The van der Waals surface area contributed by atoms with E-state index in [2.05, 4.69) is 0 Å². The van der Waals surface area contributed by atoms with Crippen LogP contribution in [0.1, 0.15) is 34.1 Å². The van der Waals surface area contributed by atoms with Gasteiger partial charge in [-0.25, -0.2) is 4.79 Å². The van der Waals surface area contributed by atoms with Crippen LogP contribution in [0.15, 0.2) is 24.3 Å². The summed E-state index contributed by atoms with van der Waals surface area (Å²) in [5.74, 6) is 0. The fourth-order valence-electron chi connectivity index (χ4n) is 2.01. The molecular formula is C14H19NO2. The molecule has 3 nitrogen and oxygen atoms in total. The lowest BCUT2D eigenvalue weighted by atomic mass is 10.0. The fourth-order valence-corrected chi connectivity index (χ4v) is 2.01. The molecule has 17 heavy (non-hydrogen) atoms. The maximum atomic E-state index is 12.2. The molecule has 0 bridgehead atoms. The van der Waals surface area contributed by atoms with Crippen molar-refractivity contribution in [1.29, 1.82) is 0 Å². The molecular weight excluding hydrogens is 214 g/mol. The van der Waals surface area contributed by atoms with Gasteiger partial charge in [-0.3, -0.25) is 4.90 Å². The highest BCUT2D eigenvalue weighted by molar-refractivity contribution is 5.89. The summed E-state index contributed by atoms with van der Waals surface area (Å²) in [5.41, 5.74) is 1.39. The molecule has 1 aromatic carbocycles. The topological polar surface area (TPSA) is 29.5 Å². The fraction of sp³-hybridized carbons (Fsp3) is 0.500. The number of benzene rings is 1. The number of para-hydroxylation sites is 1. The van der Waals surface area contributed by atoms with Crippen LogP contribution >= 0.6 is 0 Å². The van der Waals surface area contributed by atoms with Crippen molar-refractivity contribution in [3.8, 4) is 0 Å². The smallest absolute Gasteiger partial charge is 0.414 e. The van der Waals surface area contributed by atoms with Crippen LogP contribution in [-0.2, 0) is 11.2 Å². The molecule has 0 aliphatic carbocycles. The van der Waals surface area contributed by atoms with Gasteiger partial charge in [-0.15, -0.1) is 0 Å². The number of anilines is 1. The van der Waals surface area contributed by atoms with Crippen molar-refractivity contribution in [2.45, 2.75) is 39.2 Å². The first-order chi connectivity index (χ1) is 8.53. The number of nitrogens with zero attached hydrogens (tertiary/aromatic N) is 1. The highest BCUT2D eigenvalue weighted by Crippen LogP contribution is 2.28. The van der Waals surface area contributed by atoms with E-state index in [9.17, 15) is 4.79 Å². The van der Waals surface area contributed by atoms with Crippen molar-refractivity contribution < 1.29 is 10.9 Å². The summed E-state index contributed by atoms with van der Waals surface area (Å²) in [7, 11) is 0. The predicted molar refractivity (Wildman–Crippen MR) is 68.3 cm³/mol. The molecule has 0 saturated heterocycles. The number of aryl methyl sites for hydroxylation is 1. The number of fused-ring (bicyclic) bond motifs is 1. The van der Waals surface area contributed by atoms with Gasteiger partial charge in [0.15, 0.2) is 0 Å². The largest absolute Gasteiger partial charge is 0.443 e. The van der Waals surface area contributed by atoms with E-state index in [1.165, 1.54) is 5.56 Å². The first kappa shape index (κ1) is 10.6. The Kier molecular flexibility index (Phi) is 2.75. The van der Waals surface area contributed by atoms with E-state index in [-0.39, 0.29) is 13.0 Å². The van der Waals surface area contributed by atoms with Crippen molar-refractivity contribution in [1.82, 2.24) is 0 Å². The first-order valence-corrected chi connectivity index (χ1v) is 5.91. The average molecular weight is 234 g/mol. The summed E-state index contributed by atoms with van der Waals surface area (Å²) < 4.78 is 12.7. The highest BCUT2D eigenvalue weighted by Gasteiger charge is 2.26. The van der Waals surface area contributed by atoms with Gasteiger partial charge in [-0.2, -0.15) is 0 Å². The van der Waals surface area contributed by atoms with Crippen LogP contribution in [0.2, 0.25) is 0 Å². The van der Waals surface area contributed by atoms with Gasteiger partial charge < -0.3 is 4.74 Å². The number of rotatable bonds is 0. The van der Waals surface area contributed by atoms with Crippen molar-refractivity contribution in [3.05, 3.63) is 29.8 Å². The molecule has 1 aliphatic heterocycles. The Labute approximate surface area is 104 Å². The number of hydrogen-bond acceptors (Lipinski definition) is 2. The normalized spacial score (nSPS) is 16.1. The zero-order valence-electron chi connectivity index (χ0n) is 11.4. The van der Waals surface area contributed by atoms with Crippen LogP contribution < -0.4 is 4.90 Å². The lowest BCUT2D eigenvalue weighted by molar-refractivity contribution is 0.0578. The quantitative estimate of drug-likeness (QED) is 0.688. The zero-order valence-corrected chi connectivity index (χ0v) is 10.4. The van der Waals surface area contributed by atoms with Crippen molar-refractivity contribution >= 4 is 11.8 Å². The molecule has 0 N–H and O–H groups in total.